The van der Waals surface area contributed by atoms with E-state index in [0.29, 0.717) is 5.75 Å². The third-order valence-electron chi connectivity index (χ3n) is 3.95. The maximum absolute atomic E-state index is 11.6. The van der Waals surface area contributed by atoms with Gasteiger partial charge >= 0.3 is 5.97 Å². The molecule has 0 heterocycles. The predicted octanol–water partition coefficient (Wildman–Crippen LogP) is 5.47. The Kier molecular flexibility index (Phi) is 5.18. The third-order valence-corrected chi connectivity index (χ3v) is 3.95. The zero-order valence-electron chi connectivity index (χ0n) is 14.8. The number of benzene rings is 3. The van der Waals surface area contributed by atoms with E-state index in [9.17, 15) is 9.90 Å². The molecule has 0 bridgehead atoms. The highest BCUT2D eigenvalue weighted by Gasteiger charge is 2.11. The van der Waals surface area contributed by atoms with Crippen LogP contribution in [0.4, 0.5) is 0 Å². The summed E-state index contributed by atoms with van der Waals surface area (Å²) in [7, 11) is 0. The summed E-state index contributed by atoms with van der Waals surface area (Å²) in [6, 6.07) is 23.4. The van der Waals surface area contributed by atoms with E-state index in [1.54, 1.807) is 0 Å². The van der Waals surface area contributed by atoms with Crippen molar-refractivity contribution in [1.82, 2.24) is 0 Å². The van der Waals surface area contributed by atoms with Crippen molar-refractivity contribution in [2.24, 2.45) is 0 Å². The second kappa shape index (κ2) is 7.70. The van der Waals surface area contributed by atoms with Crippen LogP contribution in [-0.4, -0.2) is 11.1 Å². The Hall–Kier alpha value is -3.33. The summed E-state index contributed by atoms with van der Waals surface area (Å²) in [5.41, 5.74) is 5.02. The second-order valence-corrected chi connectivity index (χ2v) is 6.23. The number of ether oxygens (including phenoxy) is 1. The molecule has 0 saturated heterocycles. The van der Waals surface area contributed by atoms with Crippen LogP contribution in [0, 0.1) is 13.8 Å². The van der Waals surface area contributed by atoms with Crippen molar-refractivity contribution in [3.05, 3.63) is 95.2 Å². The van der Waals surface area contributed by atoms with E-state index in [1.165, 1.54) is 6.08 Å². The monoisotopic (exact) mass is 344 g/mol. The summed E-state index contributed by atoms with van der Waals surface area (Å²) in [5, 5.41) is 9.47. The zero-order valence-corrected chi connectivity index (χ0v) is 14.8. The Morgan fingerprint density at radius 1 is 0.846 bits per heavy atom. The lowest BCUT2D eigenvalue weighted by Gasteiger charge is -2.09. The summed E-state index contributed by atoms with van der Waals surface area (Å²) in [6.07, 6.45) is 1.54. The minimum atomic E-state index is -1.10. The van der Waals surface area contributed by atoms with Crippen molar-refractivity contribution in [2.75, 3.05) is 0 Å². The number of carboxylic acids is 1. The van der Waals surface area contributed by atoms with E-state index >= 15 is 0 Å². The SMILES string of the molecule is Cc1cc(C)cc(OC(=Cc2ccc(-c3ccccc3)cc2)C(=O)O)c1. The summed E-state index contributed by atoms with van der Waals surface area (Å²) in [4.78, 5) is 11.6. The molecule has 0 amide bonds. The molecule has 3 nitrogen and oxygen atoms in total. The molecule has 3 heteroatoms. The molecule has 0 radical (unpaired) electrons. The van der Waals surface area contributed by atoms with Crippen molar-refractivity contribution in [3.63, 3.8) is 0 Å². The quantitative estimate of drug-likeness (QED) is 0.493. The average Bonchev–Trinajstić information content (AvgIpc) is 2.61. The van der Waals surface area contributed by atoms with Gasteiger partial charge in [0.1, 0.15) is 5.75 Å². The third kappa shape index (κ3) is 4.39. The van der Waals surface area contributed by atoms with Crippen molar-refractivity contribution < 1.29 is 14.6 Å². The van der Waals surface area contributed by atoms with Crippen LogP contribution in [0.2, 0.25) is 0 Å². The molecule has 1 N–H and O–H groups in total. The molecule has 0 unspecified atom stereocenters. The van der Waals surface area contributed by atoms with Crippen LogP contribution in [0.5, 0.6) is 5.75 Å². The van der Waals surface area contributed by atoms with Gasteiger partial charge in [0.05, 0.1) is 0 Å². The van der Waals surface area contributed by atoms with Gasteiger partial charge in [-0.2, -0.15) is 0 Å². The first-order chi connectivity index (χ1) is 12.5. The van der Waals surface area contributed by atoms with Crippen LogP contribution in [0.15, 0.2) is 78.6 Å². The molecule has 26 heavy (non-hydrogen) atoms. The van der Waals surface area contributed by atoms with Crippen LogP contribution in [0.1, 0.15) is 16.7 Å². The lowest BCUT2D eigenvalue weighted by atomic mass is 10.0. The molecule has 130 valence electrons. The zero-order chi connectivity index (χ0) is 18.5. The highest BCUT2D eigenvalue weighted by molar-refractivity contribution is 5.90. The Labute approximate surface area is 153 Å². The molecule has 0 aromatic heterocycles. The van der Waals surface area contributed by atoms with Crippen LogP contribution in [0.25, 0.3) is 17.2 Å². The van der Waals surface area contributed by atoms with Crippen molar-refractivity contribution in [3.8, 4) is 16.9 Å². The number of hydrogen-bond donors (Lipinski definition) is 1. The van der Waals surface area contributed by atoms with Gasteiger partial charge in [0.2, 0.25) is 5.76 Å². The van der Waals surface area contributed by atoms with Crippen LogP contribution >= 0.6 is 0 Å². The van der Waals surface area contributed by atoms with E-state index in [1.807, 2.05) is 86.6 Å². The van der Waals surface area contributed by atoms with Gasteiger partial charge in [0.25, 0.3) is 0 Å². The van der Waals surface area contributed by atoms with E-state index in [0.717, 1.165) is 27.8 Å². The van der Waals surface area contributed by atoms with Gasteiger partial charge in [0, 0.05) is 0 Å². The topological polar surface area (TPSA) is 46.5 Å². The van der Waals surface area contributed by atoms with Gasteiger partial charge in [-0.3, -0.25) is 0 Å². The first-order valence-corrected chi connectivity index (χ1v) is 8.38. The van der Waals surface area contributed by atoms with Gasteiger partial charge in [0.15, 0.2) is 0 Å². The number of carbonyl (C=O) groups is 1. The largest absolute Gasteiger partial charge is 0.475 e. The number of aryl methyl sites for hydroxylation is 2. The molecule has 3 aromatic carbocycles. The summed E-state index contributed by atoms with van der Waals surface area (Å²) in [5.74, 6) is -0.684. The molecule has 3 aromatic rings. The molecule has 0 atom stereocenters. The first-order valence-electron chi connectivity index (χ1n) is 8.38. The number of rotatable bonds is 5. The fourth-order valence-corrected chi connectivity index (χ4v) is 2.81. The second-order valence-electron chi connectivity index (χ2n) is 6.23. The first kappa shape index (κ1) is 17.5. The lowest BCUT2D eigenvalue weighted by molar-refractivity contribution is -0.134. The fourth-order valence-electron chi connectivity index (χ4n) is 2.81. The van der Waals surface area contributed by atoms with E-state index in [-0.39, 0.29) is 5.76 Å². The highest BCUT2D eigenvalue weighted by atomic mass is 16.5. The van der Waals surface area contributed by atoms with E-state index in [2.05, 4.69) is 0 Å². The van der Waals surface area contributed by atoms with Gasteiger partial charge in [-0.1, -0.05) is 60.7 Å². The minimum absolute atomic E-state index is 0.109. The maximum Gasteiger partial charge on any atom is 0.371 e. The summed E-state index contributed by atoms with van der Waals surface area (Å²) < 4.78 is 5.62. The Morgan fingerprint density at radius 3 is 2.00 bits per heavy atom. The smallest absolute Gasteiger partial charge is 0.371 e. The average molecular weight is 344 g/mol. The molecule has 0 aliphatic heterocycles. The molecular weight excluding hydrogens is 324 g/mol. The number of carboxylic acid groups (broad SMARTS) is 1. The van der Waals surface area contributed by atoms with Crippen molar-refractivity contribution in [1.29, 1.82) is 0 Å². The molecule has 0 fully saturated rings. The molecule has 3 rings (SSSR count). The fraction of sp³-hybridized carbons (Fsp3) is 0.0870. The van der Waals surface area contributed by atoms with Gasteiger partial charge < -0.3 is 9.84 Å². The Morgan fingerprint density at radius 2 is 1.42 bits per heavy atom. The highest BCUT2D eigenvalue weighted by Crippen LogP contribution is 2.22. The van der Waals surface area contributed by atoms with E-state index < -0.39 is 5.97 Å². The van der Waals surface area contributed by atoms with Gasteiger partial charge in [-0.05, 0) is 59.9 Å². The molecular formula is C23H20O3. The number of hydrogen-bond acceptors (Lipinski definition) is 2. The summed E-state index contributed by atoms with van der Waals surface area (Å²) >= 11 is 0. The summed E-state index contributed by atoms with van der Waals surface area (Å²) in [6.45, 7) is 3.90. The van der Waals surface area contributed by atoms with Gasteiger partial charge in [-0.15, -0.1) is 0 Å². The van der Waals surface area contributed by atoms with Crippen LogP contribution in [-0.2, 0) is 4.79 Å². The standard InChI is InChI=1S/C23H20O3/c1-16-12-17(2)14-21(13-16)26-22(23(24)25)15-18-8-10-20(11-9-18)19-6-4-3-5-7-19/h3-15H,1-2H3,(H,24,25). The van der Waals surface area contributed by atoms with Crippen molar-refractivity contribution >= 4 is 12.0 Å². The van der Waals surface area contributed by atoms with Crippen LogP contribution < -0.4 is 4.74 Å². The number of aliphatic carboxylic acids is 1. The maximum atomic E-state index is 11.6. The molecule has 0 aliphatic rings. The Bertz CT molecular complexity index is 919. The molecule has 0 spiro atoms. The normalized spacial score (nSPS) is 11.2. The van der Waals surface area contributed by atoms with Crippen LogP contribution in [0.3, 0.4) is 0 Å². The van der Waals surface area contributed by atoms with Crippen molar-refractivity contribution in [2.45, 2.75) is 13.8 Å². The minimum Gasteiger partial charge on any atom is -0.475 e. The molecule has 0 saturated carbocycles. The Balaban J connectivity index is 1.86. The molecule has 0 aliphatic carbocycles. The van der Waals surface area contributed by atoms with Gasteiger partial charge in [-0.25, -0.2) is 4.79 Å². The van der Waals surface area contributed by atoms with E-state index in [4.69, 9.17) is 4.74 Å². The predicted molar refractivity (Wildman–Crippen MR) is 104 cm³/mol. The lowest BCUT2D eigenvalue weighted by Crippen LogP contribution is -2.07.